The number of ether oxygens (including phenoxy) is 1. The van der Waals surface area contributed by atoms with E-state index in [2.05, 4.69) is 15.4 Å². The van der Waals surface area contributed by atoms with Crippen LogP contribution in [0.25, 0.3) is 0 Å². The normalized spacial score (nSPS) is 11.4. The van der Waals surface area contributed by atoms with Crippen LogP contribution in [0.5, 0.6) is 0 Å². The number of methoxy groups -OCH3 is 1. The molecule has 0 aliphatic carbocycles. The maximum absolute atomic E-state index is 11.7. The van der Waals surface area contributed by atoms with Gasteiger partial charge >= 0.3 is 5.97 Å². The van der Waals surface area contributed by atoms with Crippen LogP contribution in [0.4, 0.5) is 5.69 Å². The molecule has 6 nitrogen and oxygen atoms in total. The predicted molar refractivity (Wildman–Crippen MR) is 79.4 cm³/mol. The third kappa shape index (κ3) is 5.83. The lowest BCUT2D eigenvalue weighted by atomic mass is 10.2. The summed E-state index contributed by atoms with van der Waals surface area (Å²) in [4.78, 5) is 34.3. The summed E-state index contributed by atoms with van der Waals surface area (Å²) >= 11 is 5.58. The SMILES string of the molecule is COC(=O)c1cccc(NC(=O)CCNC(=O)[C@@H](C)Cl)c1. The number of alkyl halides is 1. The van der Waals surface area contributed by atoms with Crippen molar-refractivity contribution in [3.63, 3.8) is 0 Å². The summed E-state index contributed by atoms with van der Waals surface area (Å²) in [6.07, 6.45) is 0.109. The van der Waals surface area contributed by atoms with Crippen LogP contribution in [0.2, 0.25) is 0 Å². The summed E-state index contributed by atoms with van der Waals surface area (Å²) in [6, 6.07) is 6.40. The van der Waals surface area contributed by atoms with E-state index < -0.39 is 11.3 Å². The van der Waals surface area contributed by atoms with Crippen molar-refractivity contribution in [2.45, 2.75) is 18.7 Å². The van der Waals surface area contributed by atoms with Gasteiger partial charge in [-0.1, -0.05) is 6.07 Å². The second kappa shape index (κ2) is 8.26. The Hall–Kier alpha value is -2.08. The number of benzene rings is 1. The standard InChI is InChI=1S/C14H17ClN2O4/c1-9(15)13(19)16-7-6-12(18)17-11-5-3-4-10(8-11)14(20)21-2/h3-5,8-9H,6-7H2,1-2H3,(H,16,19)(H,17,18)/t9-/m1/s1. The van der Waals surface area contributed by atoms with Gasteiger partial charge in [0.25, 0.3) is 0 Å². The van der Waals surface area contributed by atoms with Gasteiger partial charge in [-0.3, -0.25) is 9.59 Å². The van der Waals surface area contributed by atoms with Crippen molar-refractivity contribution in [1.82, 2.24) is 5.32 Å². The number of hydrogen-bond acceptors (Lipinski definition) is 4. The summed E-state index contributed by atoms with van der Waals surface area (Å²) < 4.78 is 4.60. The Balaban J connectivity index is 2.48. The third-order valence-corrected chi connectivity index (χ3v) is 2.78. The number of carbonyl (C=O) groups excluding carboxylic acids is 3. The molecule has 1 rings (SSSR count). The molecule has 1 aromatic rings. The van der Waals surface area contributed by atoms with Gasteiger partial charge in [0.2, 0.25) is 11.8 Å². The fraction of sp³-hybridized carbons (Fsp3) is 0.357. The number of halogens is 1. The van der Waals surface area contributed by atoms with Crippen molar-refractivity contribution in [3.8, 4) is 0 Å². The van der Waals surface area contributed by atoms with E-state index in [4.69, 9.17) is 11.6 Å². The maximum Gasteiger partial charge on any atom is 0.337 e. The fourth-order valence-electron chi connectivity index (χ4n) is 1.51. The first-order chi connectivity index (χ1) is 9.93. The van der Waals surface area contributed by atoms with Crippen LogP contribution in [-0.2, 0) is 14.3 Å². The van der Waals surface area contributed by atoms with E-state index in [0.29, 0.717) is 11.3 Å². The van der Waals surface area contributed by atoms with Gasteiger partial charge in [-0.2, -0.15) is 0 Å². The average Bonchev–Trinajstić information content (AvgIpc) is 2.46. The number of amides is 2. The highest BCUT2D eigenvalue weighted by Crippen LogP contribution is 2.11. The monoisotopic (exact) mass is 312 g/mol. The molecule has 21 heavy (non-hydrogen) atoms. The number of hydrogen-bond donors (Lipinski definition) is 2. The van der Waals surface area contributed by atoms with Crippen molar-refractivity contribution < 1.29 is 19.1 Å². The van der Waals surface area contributed by atoms with Crippen LogP contribution in [0, 0.1) is 0 Å². The first kappa shape index (κ1) is 17.0. The molecule has 0 spiro atoms. The summed E-state index contributed by atoms with van der Waals surface area (Å²) in [7, 11) is 1.29. The van der Waals surface area contributed by atoms with Crippen LogP contribution in [0.1, 0.15) is 23.7 Å². The van der Waals surface area contributed by atoms with E-state index in [1.807, 2.05) is 0 Å². The van der Waals surface area contributed by atoms with Crippen LogP contribution in [-0.4, -0.2) is 36.8 Å². The van der Waals surface area contributed by atoms with E-state index in [1.165, 1.54) is 13.2 Å². The molecule has 0 fully saturated rings. The van der Waals surface area contributed by atoms with Gasteiger partial charge in [0.15, 0.2) is 0 Å². The zero-order valence-electron chi connectivity index (χ0n) is 11.8. The molecule has 1 atom stereocenters. The molecule has 0 saturated heterocycles. The summed E-state index contributed by atoms with van der Waals surface area (Å²) in [5.74, 6) is -1.08. The maximum atomic E-state index is 11.7. The highest BCUT2D eigenvalue weighted by atomic mass is 35.5. The van der Waals surface area contributed by atoms with E-state index in [9.17, 15) is 14.4 Å². The number of esters is 1. The van der Waals surface area contributed by atoms with Gasteiger partial charge < -0.3 is 15.4 Å². The second-order valence-corrected chi connectivity index (χ2v) is 4.93. The Morgan fingerprint density at radius 3 is 2.67 bits per heavy atom. The van der Waals surface area contributed by atoms with Crippen molar-refractivity contribution in [1.29, 1.82) is 0 Å². The Morgan fingerprint density at radius 2 is 2.05 bits per heavy atom. The Kier molecular flexibility index (Phi) is 6.68. The second-order valence-electron chi connectivity index (χ2n) is 4.28. The highest BCUT2D eigenvalue weighted by Gasteiger charge is 2.10. The van der Waals surface area contributed by atoms with Crippen LogP contribution >= 0.6 is 11.6 Å². The number of nitrogens with one attached hydrogen (secondary N) is 2. The molecule has 2 N–H and O–H groups in total. The molecule has 0 bridgehead atoms. The molecular formula is C14H17ClN2O4. The minimum absolute atomic E-state index is 0.109. The topological polar surface area (TPSA) is 84.5 Å². The van der Waals surface area contributed by atoms with Gasteiger partial charge in [0.05, 0.1) is 12.7 Å². The Bertz CT molecular complexity index is 531. The zero-order chi connectivity index (χ0) is 15.8. The van der Waals surface area contributed by atoms with Crippen LogP contribution < -0.4 is 10.6 Å². The lowest BCUT2D eigenvalue weighted by Gasteiger charge is -2.08. The smallest absolute Gasteiger partial charge is 0.337 e. The van der Waals surface area contributed by atoms with Crippen LogP contribution in [0.3, 0.4) is 0 Å². The van der Waals surface area contributed by atoms with Crippen molar-refractivity contribution in [3.05, 3.63) is 29.8 Å². The molecule has 114 valence electrons. The van der Waals surface area contributed by atoms with E-state index in [-0.39, 0.29) is 24.8 Å². The van der Waals surface area contributed by atoms with E-state index >= 15 is 0 Å². The highest BCUT2D eigenvalue weighted by molar-refractivity contribution is 6.30. The molecule has 0 aliphatic rings. The van der Waals surface area contributed by atoms with Gasteiger partial charge in [-0.15, -0.1) is 11.6 Å². The molecule has 0 saturated carbocycles. The fourth-order valence-corrected chi connectivity index (χ4v) is 1.58. The largest absolute Gasteiger partial charge is 0.465 e. The van der Waals surface area contributed by atoms with Crippen molar-refractivity contribution in [2.24, 2.45) is 0 Å². The molecule has 0 aliphatic heterocycles. The first-order valence-corrected chi connectivity index (χ1v) is 6.77. The summed E-state index contributed by atoms with van der Waals surface area (Å²) in [5.41, 5.74) is 0.833. The molecule has 0 radical (unpaired) electrons. The average molecular weight is 313 g/mol. The molecule has 7 heteroatoms. The number of carbonyl (C=O) groups is 3. The minimum Gasteiger partial charge on any atom is -0.465 e. The van der Waals surface area contributed by atoms with E-state index in [0.717, 1.165) is 0 Å². The summed E-state index contributed by atoms with van der Waals surface area (Å²) in [6.45, 7) is 1.74. The van der Waals surface area contributed by atoms with Crippen molar-refractivity contribution in [2.75, 3.05) is 19.0 Å². The number of rotatable bonds is 6. The molecule has 2 amide bonds. The minimum atomic E-state index is -0.634. The first-order valence-electron chi connectivity index (χ1n) is 6.34. The lowest BCUT2D eigenvalue weighted by molar-refractivity contribution is -0.120. The van der Waals surface area contributed by atoms with Gasteiger partial charge in [0, 0.05) is 18.7 Å². The van der Waals surface area contributed by atoms with Gasteiger partial charge in [-0.25, -0.2) is 4.79 Å². The molecule has 0 unspecified atom stereocenters. The van der Waals surface area contributed by atoms with Gasteiger partial charge in [-0.05, 0) is 25.1 Å². The van der Waals surface area contributed by atoms with Crippen molar-refractivity contribution >= 4 is 35.1 Å². The molecular weight excluding hydrogens is 296 g/mol. The summed E-state index contributed by atoms with van der Waals surface area (Å²) in [5, 5.41) is 4.53. The van der Waals surface area contributed by atoms with Gasteiger partial charge in [0.1, 0.15) is 5.38 Å². The zero-order valence-corrected chi connectivity index (χ0v) is 12.6. The number of anilines is 1. The third-order valence-electron chi connectivity index (χ3n) is 2.58. The molecule has 1 aromatic carbocycles. The Labute approximate surface area is 127 Å². The molecule has 0 aromatic heterocycles. The van der Waals surface area contributed by atoms with E-state index in [1.54, 1.807) is 25.1 Å². The molecule has 0 heterocycles. The van der Waals surface area contributed by atoms with Crippen LogP contribution in [0.15, 0.2) is 24.3 Å². The Morgan fingerprint density at radius 1 is 1.33 bits per heavy atom. The quantitative estimate of drug-likeness (QED) is 0.616. The lowest BCUT2D eigenvalue weighted by Crippen LogP contribution is -2.32. The predicted octanol–water partition coefficient (Wildman–Crippen LogP) is 1.55.